The molecule has 4 rings (SSSR count). The first kappa shape index (κ1) is 17.4. The maximum Gasteiger partial charge on any atom is 0.147 e. The van der Waals surface area contributed by atoms with Crippen molar-refractivity contribution in [3.05, 3.63) is 65.5 Å². The smallest absolute Gasteiger partial charge is 0.147 e. The van der Waals surface area contributed by atoms with Gasteiger partial charge < -0.3 is 10.0 Å². The third-order valence-electron chi connectivity index (χ3n) is 5.56. The molecular formula is C22H22N4O. The molecule has 1 fully saturated rings. The van der Waals surface area contributed by atoms with Gasteiger partial charge in [-0.1, -0.05) is 24.3 Å². The number of fused-ring (bicyclic) bond motifs is 1. The third-order valence-corrected chi connectivity index (χ3v) is 5.56. The van der Waals surface area contributed by atoms with Gasteiger partial charge in [-0.3, -0.25) is 4.98 Å². The van der Waals surface area contributed by atoms with Crippen molar-refractivity contribution in [2.45, 2.75) is 25.9 Å². The van der Waals surface area contributed by atoms with Crippen molar-refractivity contribution in [3.63, 3.8) is 0 Å². The van der Waals surface area contributed by atoms with Crippen LogP contribution in [0.1, 0.15) is 35.6 Å². The highest BCUT2D eigenvalue weighted by atomic mass is 16.3. The fourth-order valence-electron chi connectivity index (χ4n) is 3.97. The van der Waals surface area contributed by atoms with Crippen LogP contribution in [0.4, 0.5) is 5.82 Å². The fraction of sp³-hybridized carbons (Fsp3) is 0.318. The largest absolute Gasteiger partial charge is 0.388 e. The van der Waals surface area contributed by atoms with Gasteiger partial charge in [0, 0.05) is 30.9 Å². The van der Waals surface area contributed by atoms with Crippen LogP contribution in [-0.2, 0) is 0 Å². The average Bonchev–Trinajstić information content (AvgIpc) is 2.74. The number of aromatic nitrogens is 2. The third kappa shape index (κ3) is 3.24. The zero-order valence-corrected chi connectivity index (χ0v) is 15.3. The summed E-state index contributed by atoms with van der Waals surface area (Å²) in [6, 6.07) is 14.1. The lowest BCUT2D eigenvalue weighted by atomic mass is 9.88. The molecule has 3 aromatic rings. The first-order chi connectivity index (χ1) is 13.2. The molecule has 0 radical (unpaired) electrons. The van der Waals surface area contributed by atoms with Gasteiger partial charge in [0.05, 0.1) is 17.2 Å². The van der Waals surface area contributed by atoms with Crippen LogP contribution in [-0.4, -0.2) is 28.2 Å². The summed E-state index contributed by atoms with van der Waals surface area (Å²) in [7, 11) is 0. The highest BCUT2D eigenvalue weighted by molar-refractivity contribution is 5.87. The summed E-state index contributed by atoms with van der Waals surface area (Å²) in [5.74, 6) is 0.959. The van der Waals surface area contributed by atoms with Crippen LogP contribution in [0.2, 0.25) is 0 Å². The van der Waals surface area contributed by atoms with Gasteiger partial charge in [-0.15, -0.1) is 0 Å². The minimum atomic E-state index is -0.498. The van der Waals surface area contributed by atoms with E-state index in [-0.39, 0.29) is 5.92 Å². The lowest BCUT2D eigenvalue weighted by molar-refractivity contribution is 0.0926. The maximum absolute atomic E-state index is 10.7. The first-order valence-electron chi connectivity index (χ1n) is 9.31. The molecule has 27 heavy (non-hydrogen) atoms. The van der Waals surface area contributed by atoms with E-state index in [1.54, 1.807) is 12.4 Å². The highest BCUT2D eigenvalue weighted by Gasteiger charge is 2.28. The van der Waals surface area contributed by atoms with E-state index in [0.717, 1.165) is 53.8 Å². The number of pyridine rings is 2. The van der Waals surface area contributed by atoms with E-state index in [4.69, 9.17) is 4.98 Å². The molecule has 5 nitrogen and oxygen atoms in total. The van der Waals surface area contributed by atoms with Crippen molar-refractivity contribution < 1.29 is 5.11 Å². The number of rotatable bonds is 3. The summed E-state index contributed by atoms with van der Waals surface area (Å²) in [4.78, 5) is 11.1. The molecule has 1 aromatic carbocycles. The zero-order valence-electron chi connectivity index (χ0n) is 15.3. The standard InChI is InChI=1S/C22H22N4O/c1-15-18-6-2-3-7-20(18)25-22(19(15)13-23)26-11-8-16(9-12-26)21(27)17-5-4-10-24-14-17/h2-7,10,14,16,21,27H,8-9,11-12H2,1H3. The molecule has 1 unspecified atom stereocenters. The van der Waals surface area contributed by atoms with Crippen LogP contribution in [0.5, 0.6) is 0 Å². The number of aliphatic hydroxyl groups is 1. The summed E-state index contributed by atoms with van der Waals surface area (Å²) in [6.07, 6.45) is 4.67. The van der Waals surface area contributed by atoms with Crippen LogP contribution in [0.3, 0.4) is 0 Å². The lowest BCUT2D eigenvalue weighted by Crippen LogP contribution is -2.36. The van der Waals surface area contributed by atoms with Crippen molar-refractivity contribution in [3.8, 4) is 6.07 Å². The minimum absolute atomic E-state index is 0.192. The Kier molecular flexibility index (Phi) is 4.74. The minimum Gasteiger partial charge on any atom is -0.388 e. The summed E-state index contributed by atoms with van der Waals surface area (Å²) in [5, 5.41) is 21.4. The molecule has 0 saturated carbocycles. The fourth-order valence-corrected chi connectivity index (χ4v) is 3.97. The Morgan fingerprint density at radius 2 is 1.96 bits per heavy atom. The molecule has 5 heteroatoms. The van der Waals surface area contributed by atoms with E-state index in [2.05, 4.69) is 16.0 Å². The van der Waals surface area contributed by atoms with Gasteiger partial charge in [-0.25, -0.2) is 4.98 Å². The Balaban J connectivity index is 1.57. The number of hydrogen-bond acceptors (Lipinski definition) is 5. The van der Waals surface area contributed by atoms with Gasteiger partial charge in [-0.2, -0.15) is 5.26 Å². The van der Waals surface area contributed by atoms with Crippen LogP contribution < -0.4 is 4.90 Å². The van der Waals surface area contributed by atoms with Crippen molar-refractivity contribution >= 4 is 16.7 Å². The average molecular weight is 358 g/mol. The molecule has 1 N–H and O–H groups in total. The highest BCUT2D eigenvalue weighted by Crippen LogP contribution is 2.34. The molecular weight excluding hydrogens is 336 g/mol. The van der Waals surface area contributed by atoms with Gasteiger partial charge in [0.2, 0.25) is 0 Å². The number of aryl methyl sites for hydroxylation is 1. The second-order valence-corrected chi connectivity index (χ2v) is 7.12. The van der Waals surface area contributed by atoms with E-state index in [1.165, 1.54) is 0 Å². The van der Waals surface area contributed by atoms with Crippen LogP contribution in [0, 0.1) is 24.2 Å². The van der Waals surface area contributed by atoms with Crippen molar-refractivity contribution in [2.75, 3.05) is 18.0 Å². The monoisotopic (exact) mass is 358 g/mol. The molecule has 1 saturated heterocycles. The lowest BCUT2D eigenvalue weighted by Gasteiger charge is -2.35. The number of aliphatic hydroxyl groups excluding tert-OH is 1. The van der Waals surface area contributed by atoms with Crippen molar-refractivity contribution in [1.82, 2.24) is 9.97 Å². The second-order valence-electron chi connectivity index (χ2n) is 7.12. The van der Waals surface area contributed by atoms with E-state index in [0.29, 0.717) is 5.56 Å². The molecule has 0 spiro atoms. The van der Waals surface area contributed by atoms with E-state index >= 15 is 0 Å². The number of nitrogens with zero attached hydrogens (tertiary/aromatic N) is 4. The summed E-state index contributed by atoms with van der Waals surface area (Å²) in [6.45, 7) is 3.55. The molecule has 0 bridgehead atoms. The predicted octanol–water partition coefficient (Wildman–Crippen LogP) is 3.76. The number of anilines is 1. The van der Waals surface area contributed by atoms with Gasteiger partial charge in [0.15, 0.2) is 0 Å². The summed E-state index contributed by atoms with van der Waals surface area (Å²) < 4.78 is 0. The normalized spacial score (nSPS) is 16.3. The van der Waals surface area contributed by atoms with Crippen LogP contribution >= 0.6 is 0 Å². The number of benzene rings is 1. The maximum atomic E-state index is 10.7. The molecule has 1 aliphatic heterocycles. The summed E-state index contributed by atoms with van der Waals surface area (Å²) >= 11 is 0. The Labute approximate surface area is 158 Å². The Morgan fingerprint density at radius 1 is 1.19 bits per heavy atom. The summed E-state index contributed by atoms with van der Waals surface area (Å²) in [5.41, 5.74) is 3.42. The Hall–Kier alpha value is -2.97. The molecule has 0 aliphatic carbocycles. The van der Waals surface area contributed by atoms with Crippen LogP contribution in [0.15, 0.2) is 48.8 Å². The number of nitriles is 1. The Morgan fingerprint density at radius 3 is 2.67 bits per heavy atom. The molecule has 0 amide bonds. The first-order valence-corrected chi connectivity index (χ1v) is 9.31. The zero-order chi connectivity index (χ0) is 18.8. The van der Waals surface area contributed by atoms with Gasteiger partial charge in [-0.05, 0) is 48.9 Å². The topological polar surface area (TPSA) is 73.0 Å². The molecule has 3 heterocycles. The van der Waals surface area contributed by atoms with Gasteiger partial charge >= 0.3 is 0 Å². The van der Waals surface area contributed by atoms with E-state index in [9.17, 15) is 10.4 Å². The predicted molar refractivity (Wildman–Crippen MR) is 105 cm³/mol. The quantitative estimate of drug-likeness (QED) is 0.772. The molecule has 2 aromatic heterocycles. The molecule has 136 valence electrons. The second kappa shape index (κ2) is 7.34. The Bertz CT molecular complexity index is 988. The van der Waals surface area contributed by atoms with Crippen LogP contribution in [0.25, 0.3) is 10.9 Å². The van der Waals surface area contributed by atoms with Crippen molar-refractivity contribution in [1.29, 1.82) is 5.26 Å². The number of para-hydroxylation sites is 1. The molecule has 1 aliphatic rings. The number of hydrogen-bond donors (Lipinski definition) is 1. The van der Waals surface area contributed by atoms with Gasteiger partial charge in [0.25, 0.3) is 0 Å². The van der Waals surface area contributed by atoms with E-state index < -0.39 is 6.10 Å². The van der Waals surface area contributed by atoms with Crippen molar-refractivity contribution in [2.24, 2.45) is 5.92 Å². The SMILES string of the molecule is Cc1c(C#N)c(N2CCC(C(O)c3cccnc3)CC2)nc2ccccc12. The molecule has 1 atom stereocenters. The van der Waals surface area contributed by atoms with Gasteiger partial charge in [0.1, 0.15) is 11.9 Å². The number of piperidine rings is 1. The van der Waals surface area contributed by atoms with E-state index in [1.807, 2.05) is 43.3 Å².